The van der Waals surface area contributed by atoms with Crippen molar-refractivity contribution < 1.29 is 9.84 Å². The van der Waals surface area contributed by atoms with E-state index in [2.05, 4.69) is 19.2 Å². The van der Waals surface area contributed by atoms with Gasteiger partial charge in [0.2, 0.25) is 0 Å². The number of ether oxygens (including phenoxy) is 1. The lowest BCUT2D eigenvalue weighted by Gasteiger charge is -2.20. The fourth-order valence-electron chi connectivity index (χ4n) is 1.82. The van der Waals surface area contributed by atoms with Crippen molar-refractivity contribution in [3.8, 4) is 5.75 Å². The Morgan fingerprint density at radius 1 is 1.42 bits per heavy atom. The minimum Gasteiger partial charge on any atom is -0.493 e. The molecule has 1 rings (SSSR count). The molecule has 108 valence electrons. The highest BCUT2D eigenvalue weighted by molar-refractivity contribution is 6.30. The summed E-state index contributed by atoms with van der Waals surface area (Å²) in [5, 5.41) is 13.7. The van der Waals surface area contributed by atoms with Crippen LogP contribution in [0.25, 0.3) is 0 Å². The second-order valence-electron chi connectivity index (χ2n) is 5.37. The van der Waals surface area contributed by atoms with Gasteiger partial charge >= 0.3 is 0 Å². The first-order valence-electron chi connectivity index (χ1n) is 6.71. The molecule has 0 aliphatic heterocycles. The van der Waals surface area contributed by atoms with Crippen LogP contribution in [0.15, 0.2) is 18.2 Å². The van der Waals surface area contributed by atoms with Gasteiger partial charge in [0.05, 0.1) is 12.2 Å². The first-order chi connectivity index (χ1) is 8.83. The monoisotopic (exact) mass is 285 g/mol. The number of benzene rings is 1. The van der Waals surface area contributed by atoms with Gasteiger partial charge < -0.3 is 15.2 Å². The standard InChI is InChI=1S/C15H24ClNO2/c1-5-17-11(2)13-10-12(16)6-7-14(13)19-9-8-15(3,4)18/h6-7,10-11,17-18H,5,8-9H2,1-4H3. The number of hydrogen-bond donors (Lipinski definition) is 2. The second-order valence-corrected chi connectivity index (χ2v) is 5.81. The van der Waals surface area contributed by atoms with Gasteiger partial charge in [0.1, 0.15) is 5.75 Å². The molecular weight excluding hydrogens is 262 g/mol. The number of rotatable bonds is 7. The first-order valence-corrected chi connectivity index (χ1v) is 7.09. The molecule has 0 radical (unpaired) electrons. The zero-order valence-corrected chi connectivity index (χ0v) is 12.9. The molecule has 0 aromatic heterocycles. The maximum atomic E-state index is 9.69. The van der Waals surface area contributed by atoms with Crippen molar-refractivity contribution in [2.75, 3.05) is 13.2 Å². The summed E-state index contributed by atoms with van der Waals surface area (Å²) in [6.45, 7) is 9.07. The lowest BCUT2D eigenvalue weighted by Crippen LogP contribution is -2.23. The summed E-state index contributed by atoms with van der Waals surface area (Å²) in [4.78, 5) is 0. The van der Waals surface area contributed by atoms with Gasteiger partial charge in [-0.15, -0.1) is 0 Å². The van der Waals surface area contributed by atoms with Crippen molar-refractivity contribution in [2.24, 2.45) is 0 Å². The highest BCUT2D eigenvalue weighted by Gasteiger charge is 2.15. The Bertz CT molecular complexity index is 402. The van der Waals surface area contributed by atoms with Crippen molar-refractivity contribution in [2.45, 2.75) is 45.8 Å². The van der Waals surface area contributed by atoms with Gasteiger partial charge in [-0.2, -0.15) is 0 Å². The van der Waals surface area contributed by atoms with E-state index in [9.17, 15) is 5.11 Å². The van der Waals surface area contributed by atoms with Crippen LogP contribution in [-0.2, 0) is 0 Å². The van der Waals surface area contributed by atoms with Crippen LogP contribution >= 0.6 is 11.6 Å². The predicted octanol–water partition coefficient (Wildman–Crippen LogP) is 3.55. The average molecular weight is 286 g/mol. The van der Waals surface area contributed by atoms with Crippen molar-refractivity contribution in [3.63, 3.8) is 0 Å². The van der Waals surface area contributed by atoms with Crippen LogP contribution < -0.4 is 10.1 Å². The summed E-state index contributed by atoms with van der Waals surface area (Å²) in [5.41, 5.74) is 0.338. The van der Waals surface area contributed by atoms with Crippen LogP contribution in [0.2, 0.25) is 5.02 Å². The smallest absolute Gasteiger partial charge is 0.124 e. The third kappa shape index (κ3) is 5.81. The van der Waals surface area contributed by atoms with Gasteiger partial charge in [0.15, 0.2) is 0 Å². The fraction of sp³-hybridized carbons (Fsp3) is 0.600. The lowest BCUT2D eigenvalue weighted by atomic mass is 10.1. The molecule has 3 nitrogen and oxygen atoms in total. The summed E-state index contributed by atoms with van der Waals surface area (Å²) in [6, 6.07) is 5.81. The highest BCUT2D eigenvalue weighted by Crippen LogP contribution is 2.28. The first kappa shape index (κ1) is 16.3. The molecule has 0 spiro atoms. The van der Waals surface area contributed by atoms with Crippen LogP contribution in [0.1, 0.15) is 45.7 Å². The Morgan fingerprint density at radius 2 is 2.11 bits per heavy atom. The normalized spacial score (nSPS) is 13.4. The quantitative estimate of drug-likeness (QED) is 0.805. The van der Waals surface area contributed by atoms with Gasteiger partial charge in [0, 0.05) is 23.0 Å². The summed E-state index contributed by atoms with van der Waals surface area (Å²) < 4.78 is 5.78. The molecular formula is C15H24ClNO2. The average Bonchev–Trinajstić information content (AvgIpc) is 2.29. The SMILES string of the molecule is CCNC(C)c1cc(Cl)ccc1OCCC(C)(C)O. The molecule has 0 aliphatic rings. The van der Waals surface area contributed by atoms with Gasteiger partial charge in [-0.05, 0) is 45.5 Å². The minimum absolute atomic E-state index is 0.181. The molecule has 1 unspecified atom stereocenters. The highest BCUT2D eigenvalue weighted by atomic mass is 35.5. The summed E-state index contributed by atoms with van der Waals surface area (Å²) >= 11 is 6.04. The van der Waals surface area contributed by atoms with E-state index < -0.39 is 5.60 Å². The zero-order valence-electron chi connectivity index (χ0n) is 12.2. The van der Waals surface area contributed by atoms with Gasteiger partial charge in [-0.1, -0.05) is 18.5 Å². The molecule has 1 atom stereocenters. The van der Waals surface area contributed by atoms with Crippen LogP contribution in [0, 0.1) is 0 Å². The molecule has 2 N–H and O–H groups in total. The lowest BCUT2D eigenvalue weighted by molar-refractivity contribution is 0.0551. The Kier molecular flexibility index (Phi) is 6.11. The summed E-state index contributed by atoms with van der Waals surface area (Å²) in [6.07, 6.45) is 0.588. The molecule has 0 bridgehead atoms. The Hall–Kier alpha value is -0.770. The Morgan fingerprint density at radius 3 is 2.68 bits per heavy atom. The molecule has 0 fully saturated rings. The van der Waals surface area contributed by atoms with Gasteiger partial charge in [-0.3, -0.25) is 0 Å². The molecule has 4 heteroatoms. The number of hydrogen-bond acceptors (Lipinski definition) is 3. The van der Waals surface area contributed by atoms with E-state index in [1.54, 1.807) is 13.8 Å². The predicted molar refractivity (Wildman–Crippen MR) is 80.0 cm³/mol. The van der Waals surface area contributed by atoms with Gasteiger partial charge in [-0.25, -0.2) is 0 Å². The molecule has 1 aromatic carbocycles. The van der Waals surface area contributed by atoms with E-state index in [-0.39, 0.29) is 6.04 Å². The molecule has 0 saturated carbocycles. The summed E-state index contributed by atoms with van der Waals surface area (Å²) in [5.74, 6) is 0.821. The van der Waals surface area contributed by atoms with E-state index in [1.165, 1.54) is 0 Å². The Labute approximate surface area is 120 Å². The third-order valence-electron chi connectivity index (χ3n) is 2.92. The molecule has 0 amide bonds. The Balaban J connectivity index is 2.76. The van der Waals surface area contributed by atoms with Crippen molar-refractivity contribution in [1.29, 1.82) is 0 Å². The van der Waals surface area contributed by atoms with E-state index >= 15 is 0 Å². The van der Waals surface area contributed by atoms with Crippen molar-refractivity contribution in [1.82, 2.24) is 5.32 Å². The zero-order chi connectivity index (χ0) is 14.5. The van der Waals surface area contributed by atoms with E-state index in [0.29, 0.717) is 18.1 Å². The van der Waals surface area contributed by atoms with Crippen LogP contribution in [-0.4, -0.2) is 23.9 Å². The molecule has 0 heterocycles. The molecule has 0 saturated heterocycles. The molecule has 0 aliphatic carbocycles. The minimum atomic E-state index is -0.708. The number of nitrogens with one attached hydrogen (secondary N) is 1. The maximum Gasteiger partial charge on any atom is 0.124 e. The van der Waals surface area contributed by atoms with Crippen LogP contribution in [0.3, 0.4) is 0 Å². The molecule has 19 heavy (non-hydrogen) atoms. The van der Waals surface area contributed by atoms with Crippen molar-refractivity contribution >= 4 is 11.6 Å². The third-order valence-corrected chi connectivity index (χ3v) is 3.16. The maximum absolute atomic E-state index is 9.69. The van der Waals surface area contributed by atoms with E-state index in [1.807, 2.05) is 18.2 Å². The fourth-order valence-corrected chi connectivity index (χ4v) is 2.00. The van der Waals surface area contributed by atoms with Crippen LogP contribution in [0.4, 0.5) is 0 Å². The van der Waals surface area contributed by atoms with Crippen LogP contribution in [0.5, 0.6) is 5.75 Å². The second kappa shape index (κ2) is 7.13. The largest absolute Gasteiger partial charge is 0.493 e. The van der Waals surface area contributed by atoms with Crippen molar-refractivity contribution in [3.05, 3.63) is 28.8 Å². The number of halogens is 1. The van der Waals surface area contributed by atoms with E-state index in [0.717, 1.165) is 17.9 Å². The van der Waals surface area contributed by atoms with E-state index in [4.69, 9.17) is 16.3 Å². The molecule has 1 aromatic rings. The number of aliphatic hydroxyl groups is 1. The topological polar surface area (TPSA) is 41.5 Å². The summed E-state index contributed by atoms with van der Waals surface area (Å²) in [7, 11) is 0. The van der Waals surface area contributed by atoms with Gasteiger partial charge in [0.25, 0.3) is 0 Å².